The normalized spacial score (nSPS) is 13.7. The standard InChI is InChI=1S/C31H61NO5S/c1-3-5-7-9-11-13-14-15-16-17-18-19-21-23-25-27-31(34)32-29(28-38(35,36)37)30(33)26-24-22-20-12-10-8-6-4-2/h24,26,29-30,33H,3-23,25,27-28H2,1-2H3,(H,32,34)(H,35,36,37)/b26-24+. The number of amides is 1. The predicted octanol–water partition coefficient (Wildman–Crippen LogP) is 8.29. The van der Waals surface area contributed by atoms with E-state index in [0.717, 1.165) is 38.5 Å². The zero-order chi connectivity index (χ0) is 28.3. The Morgan fingerprint density at radius 2 is 1.08 bits per heavy atom. The van der Waals surface area contributed by atoms with E-state index in [1.165, 1.54) is 109 Å². The van der Waals surface area contributed by atoms with E-state index in [0.29, 0.717) is 6.42 Å². The third-order valence-electron chi connectivity index (χ3n) is 7.21. The van der Waals surface area contributed by atoms with Crippen molar-refractivity contribution in [1.82, 2.24) is 5.32 Å². The minimum atomic E-state index is -4.32. The van der Waals surface area contributed by atoms with Crippen molar-refractivity contribution in [3.8, 4) is 0 Å². The highest BCUT2D eigenvalue weighted by Gasteiger charge is 2.24. The van der Waals surface area contributed by atoms with Gasteiger partial charge in [0.25, 0.3) is 10.1 Å². The molecule has 0 aromatic rings. The number of nitrogens with one attached hydrogen (secondary N) is 1. The fraction of sp³-hybridized carbons (Fsp3) is 0.903. The zero-order valence-corrected chi connectivity index (χ0v) is 25.6. The molecule has 226 valence electrons. The molecule has 6 nitrogen and oxygen atoms in total. The van der Waals surface area contributed by atoms with Crippen molar-refractivity contribution in [2.75, 3.05) is 5.75 Å². The number of rotatable bonds is 28. The summed E-state index contributed by atoms with van der Waals surface area (Å²) in [6.45, 7) is 4.44. The van der Waals surface area contributed by atoms with Crippen LogP contribution in [0.3, 0.4) is 0 Å². The molecule has 0 rings (SSSR count). The van der Waals surface area contributed by atoms with Gasteiger partial charge in [0, 0.05) is 6.42 Å². The molecule has 38 heavy (non-hydrogen) atoms. The summed E-state index contributed by atoms with van der Waals surface area (Å²) in [4.78, 5) is 12.4. The average molecular weight is 560 g/mol. The first kappa shape index (κ1) is 37.1. The Balaban J connectivity index is 3.97. The van der Waals surface area contributed by atoms with Gasteiger partial charge < -0.3 is 10.4 Å². The lowest BCUT2D eigenvalue weighted by Crippen LogP contribution is -2.46. The van der Waals surface area contributed by atoms with Gasteiger partial charge in [0.1, 0.15) is 0 Å². The molecule has 0 aliphatic rings. The van der Waals surface area contributed by atoms with Crippen LogP contribution in [-0.4, -0.2) is 41.9 Å². The highest BCUT2D eigenvalue weighted by atomic mass is 32.2. The molecule has 2 unspecified atom stereocenters. The summed E-state index contributed by atoms with van der Waals surface area (Å²) in [5, 5.41) is 13.0. The third-order valence-corrected chi connectivity index (χ3v) is 7.99. The van der Waals surface area contributed by atoms with Crippen LogP contribution in [0.25, 0.3) is 0 Å². The first-order valence-corrected chi connectivity index (χ1v) is 17.5. The number of hydrogen-bond donors (Lipinski definition) is 3. The SMILES string of the molecule is CCCCCCCC/C=C/C(O)C(CS(=O)(=O)O)NC(=O)CCCCCCCCCCCCCCCCC. The smallest absolute Gasteiger partial charge is 0.267 e. The summed E-state index contributed by atoms with van der Waals surface area (Å²) < 4.78 is 32.1. The molecular weight excluding hydrogens is 498 g/mol. The summed E-state index contributed by atoms with van der Waals surface area (Å²) in [5.41, 5.74) is 0. The predicted molar refractivity (Wildman–Crippen MR) is 161 cm³/mol. The van der Waals surface area contributed by atoms with Crippen molar-refractivity contribution >= 4 is 16.0 Å². The maximum absolute atomic E-state index is 12.4. The van der Waals surface area contributed by atoms with Gasteiger partial charge in [-0.3, -0.25) is 9.35 Å². The van der Waals surface area contributed by atoms with Gasteiger partial charge in [0.2, 0.25) is 5.91 Å². The summed E-state index contributed by atoms with van der Waals surface area (Å²) in [6, 6.07) is -1.05. The minimum absolute atomic E-state index is 0.281. The number of aliphatic hydroxyl groups is 1. The quantitative estimate of drug-likeness (QED) is 0.0508. The largest absolute Gasteiger partial charge is 0.387 e. The van der Waals surface area contributed by atoms with E-state index in [9.17, 15) is 22.9 Å². The van der Waals surface area contributed by atoms with Gasteiger partial charge in [-0.25, -0.2) is 0 Å². The van der Waals surface area contributed by atoms with Crippen LogP contribution in [0.15, 0.2) is 12.2 Å². The number of allylic oxidation sites excluding steroid dienone is 1. The highest BCUT2D eigenvalue weighted by molar-refractivity contribution is 7.85. The lowest BCUT2D eigenvalue weighted by atomic mass is 10.0. The average Bonchev–Trinajstić information content (AvgIpc) is 2.86. The van der Waals surface area contributed by atoms with Crippen molar-refractivity contribution in [3.63, 3.8) is 0 Å². The van der Waals surface area contributed by atoms with Crippen LogP contribution >= 0.6 is 0 Å². The Hall–Kier alpha value is -0.920. The molecule has 0 aromatic heterocycles. The van der Waals surface area contributed by atoms with Gasteiger partial charge in [0.05, 0.1) is 17.9 Å². The summed E-state index contributed by atoms with van der Waals surface area (Å²) in [7, 11) is -4.32. The summed E-state index contributed by atoms with van der Waals surface area (Å²) in [5.74, 6) is -0.975. The topological polar surface area (TPSA) is 104 Å². The fourth-order valence-electron chi connectivity index (χ4n) is 4.80. The van der Waals surface area contributed by atoms with Gasteiger partial charge >= 0.3 is 0 Å². The number of aliphatic hydroxyl groups excluding tert-OH is 1. The van der Waals surface area contributed by atoms with E-state index in [1.54, 1.807) is 0 Å². The van der Waals surface area contributed by atoms with Crippen LogP contribution in [0.5, 0.6) is 0 Å². The van der Waals surface area contributed by atoms with Crippen LogP contribution in [0, 0.1) is 0 Å². The first-order valence-electron chi connectivity index (χ1n) is 15.9. The van der Waals surface area contributed by atoms with E-state index in [4.69, 9.17) is 0 Å². The van der Waals surface area contributed by atoms with E-state index < -0.39 is 28.0 Å². The molecule has 0 fully saturated rings. The second-order valence-corrected chi connectivity index (χ2v) is 12.6. The van der Waals surface area contributed by atoms with Gasteiger partial charge in [-0.05, 0) is 19.3 Å². The lowest BCUT2D eigenvalue weighted by molar-refractivity contribution is -0.122. The van der Waals surface area contributed by atoms with Crippen LogP contribution in [0.4, 0.5) is 0 Å². The molecule has 0 aromatic carbocycles. The van der Waals surface area contributed by atoms with E-state index in [1.807, 2.05) is 6.08 Å². The van der Waals surface area contributed by atoms with Crippen molar-refractivity contribution in [2.24, 2.45) is 0 Å². The molecule has 7 heteroatoms. The lowest BCUT2D eigenvalue weighted by Gasteiger charge is -2.21. The molecule has 3 N–H and O–H groups in total. The number of unbranched alkanes of at least 4 members (excludes halogenated alkanes) is 20. The Kier molecular flexibility index (Phi) is 25.7. The van der Waals surface area contributed by atoms with Crippen molar-refractivity contribution in [2.45, 2.75) is 174 Å². The van der Waals surface area contributed by atoms with Crippen molar-refractivity contribution in [3.05, 3.63) is 12.2 Å². The third kappa shape index (κ3) is 26.7. The van der Waals surface area contributed by atoms with Gasteiger partial charge in [-0.1, -0.05) is 148 Å². The summed E-state index contributed by atoms with van der Waals surface area (Å²) >= 11 is 0. The molecule has 0 aliphatic heterocycles. The highest BCUT2D eigenvalue weighted by Crippen LogP contribution is 2.14. The Morgan fingerprint density at radius 1 is 0.684 bits per heavy atom. The van der Waals surface area contributed by atoms with Gasteiger partial charge in [-0.2, -0.15) is 8.42 Å². The monoisotopic (exact) mass is 559 g/mol. The number of hydrogen-bond acceptors (Lipinski definition) is 4. The molecular formula is C31H61NO5S. The van der Waals surface area contributed by atoms with Gasteiger partial charge in [-0.15, -0.1) is 0 Å². The Morgan fingerprint density at radius 3 is 1.50 bits per heavy atom. The zero-order valence-electron chi connectivity index (χ0n) is 24.8. The first-order chi connectivity index (χ1) is 18.3. The molecule has 1 amide bonds. The van der Waals surface area contributed by atoms with Crippen LogP contribution in [0.1, 0.15) is 162 Å². The molecule has 0 bridgehead atoms. The second-order valence-electron chi connectivity index (χ2n) is 11.1. The number of carbonyl (C=O) groups is 1. The minimum Gasteiger partial charge on any atom is -0.387 e. The molecule has 0 aliphatic carbocycles. The number of carbonyl (C=O) groups excluding carboxylic acids is 1. The Bertz CT molecular complexity index is 665. The van der Waals surface area contributed by atoms with Crippen molar-refractivity contribution < 1.29 is 22.9 Å². The summed E-state index contributed by atoms with van der Waals surface area (Å²) in [6.07, 6.45) is 29.2. The molecule has 0 saturated carbocycles. The maximum atomic E-state index is 12.4. The molecule has 2 atom stereocenters. The molecule has 0 heterocycles. The maximum Gasteiger partial charge on any atom is 0.267 e. The molecule has 0 radical (unpaired) electrons. The Labute approximate surface area is 235 Å². The molecule has 0 spiro atoms. The molecule has 0 saturated heterocycles. The van der Waals surface area contributed by atoms with Gasteiger partial charge in [0.15, 0.2) is 0 Å². The van der Waals surface area contributed by atoms with Crippen LogP contribution in [0.2, 0.25) is 0 Å². The second kappa shape index (κ2) is 26.3. The van der Waals surface area contributed by atoms with Crippen LogP contribution in [-0.2, 0) is 14.9 Å². The van der Waals surface area contributed by atoms with Crippen LogP contribution < -0.4 is 5.32 Å². The van der Waals surface area contributed by atoms with Crippen molar-refractivity contribution in [1.29, 1.82) is 0 Å². The van der Waals surface area contributed by atoms with E-state index >= 15 is 0 Å². The van der Waals surface area contributed by atoms with E-state index in [2.05, 4.69) is 19.2 Å². The fourth-order valence-corrected chi connectivity index (χ4v) is 5.53. The van der Waals surface area contributed by atoms with E-state index in [-0.39, 0.29) is 5.91 Å².